The molecule has 0 radical (unpaired) electrons. The fraction of sp³-hybridized carbons (Fsp3) is 0.571. The Kier molecular flexibility index (Phi) is 5.01. The lowest BCUT2D eigenvalue weighted by Crippen LogP contribution is -2.36. The van der Waals surface area contributed by atoms with Gasteiger partial charge >= 0.3 is 0 Å². The zero-order valence-electron chi connectivity index (χ0n) is 12.0. The molecule has 20 heavy (non-hydrogen) atoms. The minimum absolute atomic E-state index is 0.246. The summed E-state index contributed by atoms with van der Waals surface area (Å²) in [6.07, 6.45) is 2.08. The van der Waals surface area contributed by atoms with E-state index >= 15 is 0 Å². The first-order valence-corrected chi connectivity index (χ1v) is 8.48. The molecule has 1 aromatic carbocycles. The Morgan fingerprint density at radius 1 is 1.45 bits per heavy atom. The maximum absolute atomic E-state index is 12.3. The molecule has 5 nitrogen and oxygen atoms in total. The lowest BCUT2D eigenvalue weighted by molar-refractivity contribution is 0.133. The predicted molar refractivity (Wildman–Crippen MR) is 79.5 cm³/mol. The number of rotatable bonds is 6. The molecule has 1 heterocycles. The molecule has 1 aliphatic heterocycles. The Morgan fingerprint density at radius 3 is 3.00 bits per heavy atom. The van der Waals surface area contributed by atoms with Gasteiger partial charge in [-0.1, -0.05) is 6.07 Å². The number of anilines is 1. The molecule has 0 aromatic heterocycles. The van der Waals surface area contributed by atoms with Crippen LogP contribution in [0, 0.1) is 0 Å². The molecule has 0 saturated heterocycles. The van der Waals surface area contributed by atoms with Gasteiger partial charge in [0.25, 0.3) is 0 Å². The number of aryl methyl sites for hydroxylation is 1. The molecule has 2 N–H and O–H groups in total. The molecule has 2 rings (SSSR count). The van der Waals surface area contributed by atoms with E-state index in [0.717, 1.165) is 25.1 Å². The van der Waals surface area contributed by atoms with Gasteiger partial charge in [-0.2, -0.15) is 0 Å². The summed E-state index contributed by atoms with van der Waals surface area (Å²) in [5.41, 5.74) is 2.11. The van der Waals surface area contributed by atoms with Gasteiger partial charge in [0, 0.05) is 24.9 Å². The minimum atomic E-state index is -3.49. The normalized spacial score (nSPS) is 16.3. The summed E-state index contributed by atoms with van der Waals surface area (Å²) in [5, 5.41) is 3.25. The van der Waals surface area contributed by atoms with E-state index in [2.05, 4.69) is 10.0 Å². The van der Waals surface area contributed by atoms with E-state index in [1.54, 1.807) is 19.1 Å². The SMILES string of the molecule is CCOCC(C)NS(=O)(=O)c1ccc2c(c1)NCCC2. The van der Waals surface area contributed by atoms with Crippen molar-refractivity contribution >= 4 is 15.7 Å². The molecule has 112 valence electrons. The second-order valence-electron chi connectivity index (χ2n) is 5.03. The van der Waals surface area contributed by atoms with Crippen molar-refractivity contribution in [3.8, 4) is 0 Å². The summed E-state index contributed by atoms with van der Waals surface area (Å²) in [6, 6.07) is 5.03. The molecule has 0 aliphatic carbocycles. The highest BCUT2D eigenvalue weighted by Gasteiger charge is 2.19. The Hall–Kier alpha value is -1.11. The van der Waals surface area contributed by atoms with Crippen LogP contribution in [-0.2, 0) is 21.2 Å². The highest BCUT2D eigenvalue weighted by atomic mass is 32.2. The summed E-state index contributed by atoms with van der Waals surface area (Å²) in [4.78, 5) is 0.300. The summed E-state index contributed by atoms with van der Waals surface area (Å²) in [7, 11) is -3.49. The third-order valence-corrected chi connectivity index (χ3v) is 4.85. The summed E-state index contributed by atoms with van der Waals surface area (Å²) < 4.78 is 32.5. The van der Waals surface area contributed by atoms with Crippen LogP contribution in [0.15, 0.2) is 23.1 Å². The Morgan fingerprint density at radius 2 is 2.25 bits per heavy atom. The van der Waals surface area contributed by atoms with Crippen LogP contribution in [0.5, 0.6) is 0 Å². The fourth-order valence-corrected chi connectivity index (χ4v) is 3.52. The van der Waals surface area contributed by atoms with Crippen LogP contribution in [0.4, 0.5) is 5.69 Å². The molecular formula is C14H22N2O3S. The maximum atomic E-state index is 12.3. The van der Waals surface area contributed by atoms with Crippen molar-refractivity contribution in [3.05, 3.63) is 23.8 Å². The number of ether oxygens (including phenoxy) is 1. The van der Waals surface area contributed by atoms with E-state index < -0.39 is 10.0 Å². The first-order chi connectivity index (χ1) is 9.53. The average molecular weight is 298 g/mol. The smallest absolute Gasteiger partial charge is 0.240 e. The van der Waals surface area contributed by atoms with Gasteiger partial charge in [0.15, 0.2) is 0 Å². The number of benzene rings is 1. The molecule has 1 aromatic rings. The zero-order chi connectivity index (χ0) is 14.6. The first kappa shape index (κ1) is 15.3. The molecule has 0 saturated carbocycles. The second-order valence-corrected chi connectivity index (χ2v) is 6.75. The molecular weight excluding hydrogens is 276 g/mol. The maximum Gasteiger partial charge on any atom is 0.240 e. The van der Waals surface area contributed by atoms with E-state index in [1.165, 1.54) is 5.56 Å². The number of fused-ring (bicyclic) bond motifs is 1. The lowest BCUT2D eigenvalue weighted by Gasteiger charge is -2.19. The predicted octanol–water partition coefficient (Wildman–Crippen LogP) is 1.75. The number of sulfonamides is 1. The molecule has 6 heteroatoms. The van der Waals surface area contributed by atoms with Crippen molar-refractivity contribution in [2.75, 3.05) is 25.1 Å². The second kappa shape index (κ2) is 6.56. The van der Waals surface area contributed by atoms with Gasteiger partial charge < -0.3 is 10.1 Å². The highest BCUT2D eigenvalue weighted by molar-refractivity contribution is 7.89. The van der Waals surface area contributed by atoms with E-state index in [0.29, 0.717) is 18.1 Å². The van der Waals surface area contributed by atoms with Crippen LogP contribution in [0.3, 0.4) is 0 Å². The summed E-state index contributed by atoms with van der Waals surface area (Å²) >= 11 is 0. The molecule has 1 atom stereocenters. The Labute approximate surface area is 120 Å². The quantitative estimate of drug-likeness (QED) is 0.839. The van der Waals surface area contributed by atoms with Gasteiger partial charge in [0.1, 0.15) is 0 Å². The van der Waals surface area contributed by atoms with Crippen molar-refractivity contribution in [2.45, 2.75) is 37.6 Å². The lowest BCUT2D eigenvalue weighted by atomic mass is 10.0. The molecule has 0 spiro atoms. The van der Waals surface area contributed by atoms with E-state index in [1.807, 2.05) is 13.0 Å². The van der Waals surface area contributed by atoms with E-state index in [4.69, 9.17) is 4.74 Å². The average Bonchev–Trinajstić information content (AvgIpc) is 2.44. The summed E-state index contributed by atoms with van der Waals surface area (Å²) in [5.74, 6) is 0. The van der Waals surface area contributed by atoms with Gasteiger partial charge in [0.05, 0.1) is 11.5 Å². The van der Waals surface area contributed by atoms with Gasteiger partial charge in [-0.05, 0) is 44.4 Å². The fourth-order valence-electron chi connectivity index (χ4n) is 2.27. The summed E-state index contributed by atoms with van der Waals surface area (Å²) in [6.45, 7) is 5.53. The van der Waals surface area contributed by atoms with Crippen molar-refractivity contribution in [1.29, 1.82) is 0 Å². The third-order valence-electron chi connectivity index (χ3n) is 3.26. The standard InChI is InChI=1S/C14H22N2O3S/c1-3-19-10-11(2)16-20(17,18)13-7-6-12-5-4-8-15-14(12)9-13/h6-7,9,11,15-16H,3-5,8,10H2,1-2H3. The Balaban J connectivity index is 2.13. The third kappa shape index (κ3) is 3.71. The topological polar surface area (TPSA) is 67.4 Å². The van der Waals surface area contributed by atoms with E-state index in [-0.39, 0.29) is 6.04 Å². The van der Waals surface area contributed by atoms with Crippen LogP contribution < -0.4 is 10.0 Å². The molecule has 0 amide bonds. The molecule has 1 unspecified atom stereocenters. The van der Waals surface area contributed by atoms with Crippen molar-refractivity contribution < 1.29 is 13.2 Å². The van der Waals surface area contributed by atoms with Crippen LogP contribution in [0.1, 0.15) is 25.8 Å². The van der Waals surface area contributed by atoms with Crippen LogP contribution >= 0.6 is 0 Å². The Bertz CT molecular complexity index is 558. The van der Waals surface area contributed by atoms with Crippen LogP contribution in [0.2, 0.25) is 0 Å². The first-order valence-electron chi connectivity index (χ1n) is 7.00. The molecule has 0 fully saturated rings. The highest BCUT2D eigenvalue weighted by Crippen LogP contribution is 2.25. The molecule has 1 aliphatic rings. The van der Waals surface area contributed by atoms with Gasteiger partial charge in [0.2, 0.25) is 10.0 Å². The van der Waals surface area contributed by atoms with Crippen molar-refractivity contribution in [1.82, 2.24) is 4.72 Å². The monoisotopic (exact) mass is 298 g/mol. The van der Waals surface area contributed by atoms with E-state index in [9.17, 15) is 8.42 Å². The number of hydrogen-bond acceptors (Lipinski definition) is 4. The van der Waals surface area contributed by atoms with Crippen molar-refractivity contribution in [3.63, 3.8) is 0 Å². The molecule has 0 bridgehead atoms. The van der Waals surface area contributed by atoms with Gasteiger partial charge in [-0.15, -0.1) is 0 Å². The minimum Gasteiger partial charge on any atom is -0.385 e. The zero-order valence-corrected chi connectivity index (χ0v) is 12.8. The van der Waals surface area contributed by atoms with Gasteiger partial charge in [-0.3, -0.25) is 0 Å². The van der Waals surface area contributed by atoms with Crippen molar-refractivity contribution in [2.24, 2.45) is 0 Å². The number of hydrogen-bond donors (Lipinski definition) is 2. The van der Waals surface area contributed by atoms with Crippen LogP contribution in [0.25, 0.3) is 0 Å². The number of nitrogens with one attached hydrogen (secondary N) is 2. The largest absolute Gasteiger partial charge is 0.385 e. The van der Waals surface area contributed by atoms with Gasteiger partial charge in [-0.25, -0.2) is 13.1 Å². The van der Waals surface area contributed by atoms with Crippen LogP contribution in [-0.4, -0.2) is 34.2 Å².